The number of sulfonamides is 1. The third kappa shape index (κ3) is 4.39. The summed E-state index contributed by atoms with van der Waals surface area (Å²) in [5, 5.41) is 17.4. The third-order valence-electron chi connectivity index (χ3n) is 5.73. The Labute approximate surface area is 149 Å². The van der Waals surface area contributed by atoms with Crippen LogP contribution in [0.4, 0.5) is 0 Å². The van der Waals surface area contributed by atoms with Crippen LogP contribution in [-0.2, 0) is 30.1 Å². The van der Waals surface area contributed by atoms with Gasteiger partial charge in [0, 0.05) is 32.6 Å². The number of rotatable bonds is 5. The lowest BCUT2D eigenvalue weighted by atomic mass is 9.91. The lowest BCUT2D eigenvalue weighted by molar-refractivity contribution is 0.0965. The first-order chi connectivity index (χ1) is 11.9. The maximum atomic E-state index is 11.6. The van der Waals surface area contributed by atoms with Gasteiger partial charge in [0.1, 0.15) is 12.4 Å². The van der Waals surface area contributed by atoms with Crippen LogP contribution in [0.2, 0.25) is 0 Å². The number of piperidine rings is 2. The summed E-state index contributed by atoms with van der Waals surface area (Å²) < 4.78 is 26.7. The number of hydrogen-bond acceptors (Lipinski definition) is 6. The van der Waals surface area contributed by atoms with Crippen LogP contribution in [0.1, 0.15) is 37.3 Å². The van der Waals surface area contributed by atoms with E-state index < -0.39 is 10.0 Å². The van der Waals surface area contributed by atoms with Crippen LogP contribution >= 0.6 is 0 Å². The van der Waals surface area contributed by atoms with Crippen molar-refractivity contribution in [1.82, 2.24) is 24.0 Å². The second-order valence-corrected chi connectivity index (χ2v) is 9.31. The molecule has 1 aromatic heterocycles. The van der Waals surface area contributed by atoms with E-state index in [0.717, 1.165) is 51.0 Å². The van der Waals surface area contributed by atoms with E-state index in [-0.39, 0.29) is 6.61 Å². The molecule has 0 amide bonds. The van der Waals surface area contributed by atoms with Gasteiger partial charge < -0.3 is 14.6 Å². The van der Waals surface area contributed by atoms with Crippen molar-refractivity contribution in [1.29, 1.82) is 0 Å². The molecule has 0 radical (unpaired) electrons. The third-order valence-corrected chi connectivity index (χ3v) is 7.03. The van der Waals surface area contributed by atoms with E-state index in [1.165, 1.54) is 6.26 Å². The number of aliphatic hydroxyl groups is 1. The average molecular weight is 372 g/mol. The fourth-order valence-corrected chi connectivity index (χ4v) is 4.91. The fourth-order valence-electron chi connectivity index (χ4n) is 4.03. The molecule has 2 aliphatic rings. The van der Waals surface area contributed by atoms with E-state index in [9.17, 15) is 13.5 Å². The molecule has 0 spiro atoms. The summed E-state index contributed by atoms with van der Waals surface area (Å²) >= 11 is 0. The summed E-state index contributed by atoms with van der Waals surface area (Å²) in [6, 6.07) is 0.509. The maximum Gasteiger partial charge on any atom is 0.211 e. The second kappa shape index (κ2) is 7.69. The zero-order chi connectivity index (χ0) is 18.0. The van der Waals surface area contributed by atoms with Crippen LogP contribution in [0.5, 0.6) is 0 Å². The molecule has 0 bridgehead atoms. The summed E-state index contributed by atoms with van der Waals surface area (Å²) in [7, 11) is -1.14. The first-order valence-corrected chi connectivity index (χ1v) is 10.9. The number of aliphatic hydroxyl groups excluding tert-OH is 1. The number of aromatic nitrogens is 3. The van der Waals surface area contributed by atoms with Gasteiger partial charge in [0.15, 0.2) is 5.82 Å². The summed E-state index contributed by atoms with van der Waals surface area (Å²) in [5.74, 6) is 2.16. The van der Waals surface area contributed by atoms with Gasteiger partial charge in [0.05, 0.1) is 6.26 Å². The molecule has 1 N–H and O–H groups in total. The van der Waals surface area contributed by atoms with Crippen molar-refractivity contribution < 1.29 is 13.5 Å². The van der Waals surface area contributed by atoms with Crippen molar-refractivity contribution in [3.8, 4) is 0 Å². The molecular formula is C16H29N5O3S. The second-order valence-electron chi connectivity index (χ2n) is 7.33. The summed E-state index contributed by atoms with van der Waals surface area (Å²) in [6.45, 7) is 3.35. The SMILES string of the molecule is Cn1c(CO)nnc1CC1CCN(C2CCN(S(C)(=O)=O)CC2)CC1. The fraction of sp³-hybridized carbons (Fsp3) is 0.875. The minimum atomic E-state index is -3.05. The zero-order valence-electron chi connectivity index (χ0n) is 15.1. The van der Waals surface area contributed by atoms with Crippen LogP contribution in [0.3, 0.4) is 0 Å². The smallest absolute Gasteiger partial charge is 0.211 e. The Balaban J connectivity index is 1.47. The lowest BCUT2D eigenvalue weighted by Gasteiger charge is -2.41. The molecule has 2 fully saturated rings. The molecule has 0 unspecified atom stereocenters. The van der Waals surface area contributed by atoms with Gasteiger partial charge in [-0.05, 0) is 44.7 Å². The van der Waals surface area contributed by atoms with Gasteiger partial charge in [-0.2, -0.15) is 0 Å². The Hall–Kier alpha value is -1.03. The largest absolute Gasteiger partial charge is 0.388 e. The van der Waals surface area contributed by atoms with E-state index in [0.29, 0.717) is 30.9 Å². The van der Waals surface area contributed by atoms with E-state index in [2.05, 4.69) is 15.1 Å². The average Bonchev–Trinajstić information content (AvgIpc) is 2.95. The highest BCUT2D eigenvalue weighted by Gasteiger charge is 2.31. The highest BCUT2D eigenvalue weighted by molar-refractivity contribution is 7.88. The van der Waals surface area contributed by atoms with Gasteiger partial charge in [0.25, 0.3) is 0 Å². The highest BCUT2D eigenvalue weighted by atomic mass is 32.2. The first-order valence-electron chi connectivity index (χ1n) is 9.05. The molecule has 3 heterocycles. The monoisotopic (exact) mass is 371 g/mol. The van der Waals surface area contributed by atoms with E-state index >= 15 is 0 Å². The van der Waals surface area contributed by atoms with Crippen molar-refractivity contribution in [2.75, 3.05) is 32.4 Å². The van der Waals surface area contributed by atoms with Crippen LogP contribution in [0, 0.1) is 5.92 Å². The molecule has 0 aliphatic carbocycles. The molecule has 25 heavy (non-hydrogen) atoms. The van der Waals surface area contributed by atoms with Gasteiger partial charge in [-0.3, -0.25) is 0 Å². The molecule has 2 saturated heterocycles. The molecular weight excluding hydrogens is 342 g/mol. The quantitative estimate of drug-likeness (QED) is 0.783. The van der Waals surface area contributed by atoms with Crippen LogP contribution < -0.4 is 0 Å². The Morgan fingerprint density at radius 3 is 2.16 bits per heavy atom. The van der Waals surface area contributed by atoms with E-state index in [4.69, 9.17) is 0 Å². The predicted molar refractivity (Wildman–Crippen MR) is 94.4 cm³/mol. The first kappa shape index (κ1) is 18.8. The zero-order valence-corrected chi connectivity index (χ0v) is 16.0. The lowest BCUT2D eigenvalue weighted by Crippen LogP contribution is -2.48. The molecule has 3 rings (SSSR count). The molecule has 0 saturated carbocycles. The van der Waals surface area contributed by atoms with Gasteiger partial charge >= 0.3 is 0 Å². The van der Waals surface area contributed by atoms with Crippen molar-refractivity contribution in [2.24, 2.45) is 13.0 Å². The van der Waals surface area contributed by atoms with Crippen LogP contribution in [0.25, 0.3) is 0 Å². The molecule has 0 aromatic carbocycles. The van der Waals surface area contributed by atoms with Crippen molar-refractivity contribution in [3.63, 3.8) is 0 Å². The van der Waals surface area contributed by atoms with Crippen molar-refractivity contribution in [2.45, 2.75) is 44.8 Å². The predicted octanol–water partition coefficient (Wildman–Crippen LogP) is -0.0141. The van der Waals surface area contributed by atoms with Crippen LogP contribution in [0.15, 0.2) is 0 Å². The topological polar surface area (TPSA) is 91.6 Å². The normalized spacial score (nSPS) is 22.5. The molecule has 8 nitrogen and oxygen atoms in total. The summed E-state index contributed by atoms with van der Waals surface area (Å²) in [5.41, 5.74) is 0. The molecule has 9 heteroatoms. The maximum absolute atomic E-state index is 11.6. The van der Waals surface area contributed by atoms with Gasteiger partial charge in [-0.25, -0.2) is 12.7 Å². The minimum Gasteiger partial charge on any atom is -0.388 e. The van der Waals surface area contributed by atoms with E-state index in [1.807, 2.05) is 11.6 Å². The van der Waals surface area contributed by atoms with Crippen molar-refractivity contribution in [3.05, 3.63) is 11.6 Å². The highest BCUT2D eigenvalue weighted by Crippen LogP contribution is 2.26. The molecule has 0 atom stereocenters. The van der Waals surface area contributed by atoms with Crippen molar-refractivity contribution >= 4 is 10.0 Å². The Morgan fingerprint density at radius 1 is 1.04 bits per heavy atom. The Morgan fingerprint density at radius 2 is 1.64 bits per heavy atom. The van der Waals surface area contributed by atoms with E-state index in [1.54, 1.807) is 4.31 Å². The Kier molecular flexibility index (Phi) is 5.77. The number of likely N-dealkylation sites (tertiary alicyclic amines) is 1. The molecule has 1 aromatic rings. The minimum absolute atomic E-state index is 0.0753. The van der Waals surface area contributed by atoms with Gasteiger partial charge in [-0.1, -0.05) is 0 Å². The summed E-state index contributed by atoms with van der Waals surface area (Å²) in [6.07, 6.45) is 6.33. The molecule has 2 aliphatic heterocycles. The number of nitrogens with zero attached hydrogens (tertiary/aromatic N) is 5. The standard InChI is InChI=1S/C16H29N5O3S/c1-19-15(17-18-16(19)12-22)11-13-3-7-20(8-4-13)14-5-9-21(10-6-14)25(2,23)24/h13-14,22H,3-12H2,1-2H3. The molecule has 142 valence electrons. The van der Waals surface area contributed by atoms with Gasteiger partial charge in [0.2, 0.25) is 10.0 Å². The Bertz CT molecular complexity index is 674. The summed E-state index contributed by atoms with van der Waals surface area (Å²) in [4.78, 5) is 2.53. The number of hydrogen-bond donors (Lipinski definition) is 1. The van der Waals surface area contributed by atoms with Gasteiger partial charge in [-0.15, -0.1) is 10.2 Å². The van der Waals surface area contributed by atoms with Crippen LogP contribution in [-0.4, -0.2) is 76.0 Å².